The smallest absolute Gasteiger partial charge is 0.0794 e. The van der Waals surface area contributed by atoms with E-state index in [-0.39, 0.29) is 6.04 Å². The Balaban J connectivity index is 2.01. The number of para-hydroxylation sites is 1. The van der Waals surface area contributed by atoms with Gasteiger partial charge < -0.3 is 5.32 Å². The van der Waals surface area contributed by atoms with E-state index in [4.69, 9.17) is 0 Å². The molecule has 1 atom stereocenters. The first kappa shape index (κ1) is 12.3. The number of nitrogens with one attached hydrogen (secondary N) is 1. The number of likely N-dealkylation sites (N-methyl/N-ethyl adjacent to an activating group) is 1. The molecule has 0 amide bonds. The highest BCUT2D eigenvalue weighted by molar-refractivity contribution is 7.09. The summed E-state index contributed by atoms with van der Waals surface area (Å²) in [4.78, 5) is 9.85. The average molecular weight is 269 g/mol. The van der Waals surface area contributed by atoms with Gasteiger partial charge in [-0.2, -0.15) is 0 Å². The van der Waals surface area contributed by atoms with Gasteiger partial charge in [-0.1, -0.05) is 18.2 Å². The van der Waals surface area contributed by atoms with Crippen LogP contribution in [0.3, 0.4) is 0 Å². The zero-order chi connectivity index (χ0) is 13.1. The molecule has 0 spiro atoms. The van der Waals surface area contributed by atoms with E-state index in [1.54, 1.807) is 11.3 Å². The highest BCUT2D eigenvalue weighted by Crippen LogP contribution is 2.26. The molecule has 96 valence electrons. The molecule has 0 radical (unpaired) electrons. The first-order chi connectivity index (χ1) is 9.38. The number of pyridine rings is 1. The summed E-state index contributed by atoms with van der Waals surface area (Å²) in [6.07, 6.45) is 4.78. The van der Waals surface area contributed by atoms with Crippen LogP contribution in [0.4, 0.5) is 0 Å². The van der Waals surface area contributed by atoms with Crippen LogP contribution in [-0.2, 0) is 6.42 Å². The number of hydrogen-bond donors (Lipinski definition) is 1. The van der Waals surface area contributed by atoms with Crippen molar-refractivity contribution in [2.75, 3.05) is 7.05 Å². The molecule has 0 fully saturated rings. The minimum Gasteiger partial charge on any atom is -0.313 e. The van der Waals surface area contributed by atoms with Gasteiger partial charge in [-0.15, -0.1) is 11.3 Å². The Morgan fingerprint density at radius 3 is 2.95 bits per heavy atom. The number of aromatic nitrogens is 2. The molecular formula is C15H15N3S. The molecule has 2 aromatic heterocycles. The van der Waals surface area contributed by atoms with Crippen LogP contribution in [0, 0.1) is 0 Å². The van der Waals surface area contributed by atoms with Gasteiger partial charge in [0.25, 0.3) is 0 Å². The van der Waals surface area contributed by atoms with Gasteiger partial charge in [0, 0.05) is 35.1 Å². The lowest BCUT2D eigenvalue weighted by Gasteiger charge is -2.17. The van der Waals surface area contributed by atoms with E-state index in [1.807, 2.05) is 31.0 Å². The molecule has 19 heavy (non-hydrogen) atoms. The van der Waals surface area contributed by atoms with Crippen LogP contribution in [0.25, 0.3) is 10.9 Å². The number of hydrogen-bond acceptors (Lipinski definition) is 4. The average Bonchev–Trinajstić information content (AvgIpc) is 2.97. The van der Waals surface area contributed by atoms with E-state index >= 15 is 0 Å². The van der Waals surface area contributed by atoms with Crippen LogP contribution < -0.4 is 5.32 Å². The van der Waals surface area contributed by atoms with Gasteiger partial charge in [0.05, 0.1) is 11.0 Å². The Labute approximate surface area is 116 Å². The quantitative estimate of drug-likeness (QED) is 0.790. The molecular weight excluding hydrogens is 254 g/mol. The molecule has 0 bridgehead atoms. The van der Waals surface area contributed by atoms with Crippen LogP contribution in [0.15, 0.2) is 48.2 Å². The van der Waals surface area contributed by atoms with Gasteiger partial charge in [0.1, 0.15) is 0 Å². The van der Waals surface area contributed by atoms with Crippen molar-refractivity contribution in [2.24, 2.45) is 0 Å². The number of fused-ring (bicyclic) bond motifs is 1. The maximum atomic E-state index is 4.42. The summed E-state index contributed by atoms with van der Waals surface area (Å²) in [6.45, 7) is 0. The van der Waals surface area contributed by atoms with Gasteiger partial charge in [0.2, 0.25) is 0 Å². The zero-order valence-corrected chi connectivity index (χ0v) is 11.5. The van der Waals surface area contributed by atoms with Crippen molar-refractivity contribution >= 4 is 22.2 Å². The fourth-order valence-electron chi connectivity index (χ4n) is 2.33. The van der Waals surface area contributed by atoms with Gasteiger partial charge in [-0.05, 0) is 24.7 Å². The highest BCUT2D eigenvalue weighted by Gasteiger charge is 2.14. The molecule has 3 aromatic rings. The third-order valence-electron chi connectivity index (χ3n) is 3.30. The maximum absolute atomic E-state index is 4.42. The van der Waals surface area contributed by atoms with Crippen molar-refractivity contribution in [1.29, 1.82) is 0 Å². The molecule has 2 heterocycles. The highest BCUT2D eigenvalue weighted by atomic mass is 32.1. The summed E-state index contributed by atoms with van der Waals surface area (Å²) in [5.41, 5.74) is 4.22. The fourth-order valence-corrected chi connectivity index (χ4v) is 2.98. The number of nitrogens with zero attached hydrogens (tertiary/aromatic N) is 2. The van der Waals surface area contributed by atoms with Crippen LogP contribution in [-0.4, -0.2) is 17.0 Å². The number of thiazole rings is 1. The normalized spacial score (nSPS) is 12.7. The molecule has 1 unspecified atom stereocenters. The molecule has 0 aliphatic heterocycles. The largest absolute Gasteiger partial charge is 0.313 e. The van der Waals surface area contributed by atoms with Gasteiger partial charge in [0.15, 0.2) is 0 Å². The molecule has 3 rings (SSSR count). The minimum atomic E-state index is 0.286. The van der Waals surface area contributed by atoms with E-state index in [9.17, 15) is 0 Å². The summed E-state index contributed by atoms with van der Waals surface area (Å²) in [5, 5.41) is 4.62. The number of benzene rings is 1. The van der Waals surface area contributed by atoms with Gasteiger partial charge in [-0.25, -0.2) is 0 Å². The van der Waals surface area contributed by atoms with Crippen molar-refractivity contribution in [3.63, 3.8) is 0 Å². The van der Waals surface area contributed by atoms with E-state index in [2.05, 4.69) is 39.6 Å². The Kier molecular flexibility index (Phi) is 3.53. The van der Waals surface area contributed by atoms with Crippen molar-refractivity contribution in [3.05, 3.63) is 58.7 Å². The molecule has 0 saturated carbocycles. The molecule has 0 saturated heterocycles. The first-order valence-corrected chi connectivity index (χ1v) is 7.14. The summed E-state index contributed by atoms with van der Waals surface area (Å²) < 4.78 is 0. The Bertz CT molecular complexity index is 659. The second-order valence-electron chi connectivity index (χ2n) is 4.43. The summed E-state index contributed by atoms with van der Waals surface area (Å²) in [7, 11) is 2.00. The minimum absolute atomic E-state index is 0.286. The van der Waals surface area contributed by atoms with Crippen molar-refractivity contribution < 1.29 is 0 Å². The van der Waals surface area contributed by atoms with E-state index in [1.165, 1.54) is 15.8 Å². The second-order valence-corrected chi connectivity index (χ2v) is 5.40. The van der Waals surface area contributed by atoms with Crippen LogP contribution in [0.2, 0.25) is 0 Å². The Hall–Kier alpha value is -1.78. The van der Waals surface area contributed by atoms with Crippen molar-refractivity contribution in [1.82, 2.24) is 15.3 Å². The molecule has 0 aliphatic rings. The Morgan fingerprint density at radius 2 is 2.16 bits per heavy atom. The number of rotatable bonds is 4. The predicted octanol–water partition coefficient (Wildman–Crippen LogP) is 3.19. The van der Waals surface area contributed by atoms with Gasteiger partial charge in [-0.3, -0.25) is 9.97 Å². The second kappa shape index (κ2) is 5.47. The molecule has 4 heteroatoms. The fraction of sp³-hybridized carbons (Fsp3) is 0.200. The van der Waals surface area contributed by atoms with E-state index < -0.39 is 0 Å². The van der Waals surface area contributed by atoms with Gasteiger partial charge >= 0.3 is 0 Å². The molecule has 1 N–H and O–H groups in total. The predicted molar refractivity (Wildman–Crippen MR) is 79.4 cm³/mol. The SMILES string of the molecule is CNC(Cc1cncs1)c1ccnc2ccccc12. The third kappa shape index (κ3) is 2.50. The summed E-state index contributed by atoms with van der Waals surface area (Å²) in [6, 6.07) is 10.7. The molecule has 3 nitrogen and oxygen atoms in total. The topological polar surface area (TPSA) is 37.8 Å². The lowest BCUT2D eigenvalue weighted by molar-refractivity contribution is 0.600. The van der Waals surface area contributed by atoms with Crippen molar-refractivity contribution in [2.45, 2.75) is 12.5 Å². The van der Waals surface area contributed by atoms with Crippen LogP contribution in [0.1, 0.15) is 16.5 Å². The summed E-state index contributed by atoms with van der Waals surface area (Å²) >= 11 is 1.70. The third-order valence-corrected chi connectivity index (χ3v) is 4.10. The van der Waals surface area contributed by atoms with E-state index in [0.717, 1.165) is 11.9 Å². The van der Waals surface area contributed by atoms with Crippen LogP contribution >= 0.6 is 11.3 Å². The molecule has 1 aromatic carbocycles. The lowest BCUT2D eigenvalue weighted by Crippen LogP contribution is -2.18. The Morgan fingerprint density at radius 1 is 1.26 bits per heavy atom. The van der Waals surface area contributed by atoms with Crippen LogP contribution in [0.5, 0.6) is 0 Å². The zero-order valence-electron chi connectivity index (χ0n) is 10.7. The summed E-state index contributed by atoms with van der Waals surface area (Å²) in [5.74, 6) is 0. The molecule has 0 aliphatic carbocycles. The van der Waals surface area contributed by atoms with E-state index in [0.29, 0.717) is 0 Å². The standard InChI is InChI=1S/C15H15N3S/c1-16-15(8-11-9-17-10-19-11)13-6-7-18-14-5-3-2-4-12(13)14/h2-7,9-10,15-16H,8H2,1H3. The monoisotopic (exact) mass is 269 g/mol. The first-order valence-electron chi connectivity index (χ1n) is 6.27. The lowest BCUT2D eigenvalue weighted by atomic mass is 9.99. The maximum Gasteiger partial charge on any atom is 0.0794 e. The van der Waals surface area contributed by atoms with Crippen molar-refractivity contribution in [3.8, 4) is 0 Å².